The predicted molar refractivity (Wildman–Crippen MR) is 61.5 cm³/mol. The van der Waals surface area contributed by atoms with Crippen LogP contribution in [0, 0.1) is 0 Å². The van der Waals surface area contributed by atoms with E-state index in [1.54, 1.807) is 18.2 Å². The maximum Gasteiger partial charge on any atom is 0.417 e. The quantitative estimate of drug-likeness (QED) is 0.897. The fraction of sp³-hybridized carbons (Fsp3) is 0.0833. The molecule has 1 heterocycles. The van der Waals surface area contributed by atoms with Crippen LogP contribution in [-0.2, 0) is 6.18 Å². The molecule has 0 saturated carbocycles. The molecule has 1 N–H and O–H groups in total. The van der Waals surface area contributed by atoms with E-state index in [1.807, 2.05) is 0 Å². The lowest BCUT2D eigenvalue weighted by atomic mass is 10.3. The first-order valence-corrected chi connectivity index (χ1v) is 5.77. The highest BCUT2D eigenvalue weighted by atomic mass is 32.2. The number of phenolic OH excluding ortho intramolecular Hbond substituents is 1. The Morgan fingerprint density at radius 1 is 1.06 bits per heavy atom. The van der Waals surface area contributed by atoms with Gasteiger partial charge in [0.05, 0.1) is 10.5 Å². The summed E-state index contributed by atoms with van der Waals surface area (Å²) in [6.45, 7) is 0. The molecule has 0 unspecified atom stereocenters. The van der Waals surface area contributed by atoms with Crippen molar-refractivity contribution >= 4 is 11.8 Å². The van der Waals surface area contributed by atoms with Gasteiger partial charge in [0.15, 0.2) is 0 Å². The van der Waals surface area contributed by atoms with Gasteiger partial charge in [0.1, 0.15) is 10.8 Å². The Morgan fingerprint density at radius 2 is 1.78 bits per heavy atom. The van der Waals surface area contributed by atoms with Crippen molar-refractivity contribution in [1.29, 1.82) is 0 Å². The Kier molecular flexibility index (Phi) is 3.47. The van der Waals surface area contributed by atoms with Crippen molar-refractivity contribution in [2.24, 2.45) is 0 Å². The highest BCUT2D eigenvalue weighted by molar-refractivity contribution is 7.99. The largest absolute Gasteiger partial charge is 0.507 e. The summed E-state index contributed by atoms with van der Waals surface area (Å²) in [6.07, 6.45) is -3.60. The highest BCUT2D eigenvalue weighted by Crippen LogP contribution is 2.34. The molecule has 94 valence electrons. The van der Waals surface area contributed by atoms with E-state index in [9.17, 15) is 18.3 Å². The maximum atomic E-state index is 12.3. The van der Waals surface area contributed by atoms with Gasteiger partial charge in [-0.15, -0.1) is 0 Å². The van der Waals surface area contributed by atoms with Crippen LogP contribution < -0.4 is 0 Å². The van der Waals surface area contributed by atoms with Crippen molar-refractivity contribution < 1.29 is 18.3 Å². The number of rotatable bonds is 2. The number of alkyl halides is 3. The summed E-state index contributed by atoms with van der Waals surface area (Å²) in [5, 5.41) is 9.92. The number of halogens is 3. The van der Waals surface area contributed by atoms with Crippen LogP contribution in [-0.4, -0.2) is 10.1 Å². The normalized spacial score (nSPS) is 11.5. The van der Waals surface area contributed by atoms with Gasteiger partial charge in [-0.25, -0.2) is 4.98 Å². The zero-order valence-electron chi connectivity index (χ0n) is 8.98. The number of hydrogen-bond donors (Lipinski definition) is 1. The van der Waals surface area contributed by atoms with Crippen LogP contribution in [0.3, 0.4) is 0 Å². The van der Waals surface area contributed by atoms with Gasteiger partial charge in [-0.2, -0.15) is 13.2 Å². The van der Waals surface area contributed by atoms with E-state index in [0.29, 0.717) is 9.92 Å². The number of aromatic nitrogens is 1. The summed E-state index contributed by atoms with van der Waals surface area (Å²) >= 11 is 1.11. The Morgan fingerprint density at radius 3 is 2.33 bits per heavy atom. The Bertz CT molecular complexity index is 540. The van der Waals surface area contributed by atoms with E-state index in [2.05, 4.69) is 4.98 Å². The number of phenols is 1. The van der Waals surface area contributed by atoms with E-state index < -0.39 is 11.7 Å². The van der Waals surface area contributed by atoms with Crippen LogP contribution in [0.5, 0.6) is 5.75 Å². The highest BCUT2D eigenvalue weighted by Gasteiger charge is 2.30. The molecule has 6 heteroatoms. The topological polar surface area (TPSA) is 33.1 Å². The molecule has 0 radical (unpaired) electrons. The van der Waals surface area contributed by atoms with Gasteiger partial charge in [0, 0.05) is 6.20 Å². The molecule has 0 aliphatic rings. The Labute approximate surface area is 105 Å². The average molecular weight is 271 g/mol. The molecule has 18 heavy (non-hydrogen) atoms. The van der Waals surface area contributed by atoms with Gasteiger partial charge in [-0.1, -0.05) is 23.9 Å². The van der Waals surface area contributed by atoms with Crippen LogP contribution in [0.4, 0.5) is 13.2 Å². The Hall–Kier alpha value is -1.69. The van der Waals surface area contributed by atoms with Gasteiger partial charge in [-0.05, 0) is 24.3 Å². The van der Waals surface area contributed by atoms with Crippen LogP contribution in [0.15, 0.2) is 52.5 Å². The van der Waals surface area contributed by atoms with Crippen molar-refractivity contribution in [2.75, 3.05) is 0 Å². The Balaban J connectivity index is 2.19. The summed E-state index contributed by atoms with van der Waals surface area (Å²) in [4.78, 5) is 4.26. The first-order chi connectivity index (χ1) is 8.47. The van der Waals surface area contributed by atoms with E-state index >= 15 is 0 Å². The molecule has 0 fully saturated rings. The van der Waals surface area contributed by atoms with E-state index in [0.717, 1.165) is 24.0 Å². The zero-order chi connectivity index (χ0) is 13.2. The van der Waals surface area contributed by atoms with Crippen LogP contribution in [0.2, 0.25) is 0 Å². The van der Waals surface area contributed by atoms with Crippen molar-refractivity contribution in [3.05, 3.63) is 48.2 Å². The number of aromatic hydroxyl groups is 1. The van der Waals surface area contributed by atoms with Crippen molar-refractivity contribution in [3.63, 3.8) is 0 Å². The van der Waals surface area contributed by atoms with Gasteiger partial charge in [0.2, 0.25) is 0 Å². The molecule has 0 saturated heterocycles. The van der Waals surface area contributed by atoms with Gasteiger partial charge in [-0.3, -0.25) is 0 Å². The monoisotopic (exact) mass is 271 g/mol. The van der Waals surface area contributed by atoms with Crippen LogP contribution in [0.1, 0.15) is 5.56 Å². The number of benzene rings is 1. The van der Waals surface area contributed by atoms with Gasteiger partial charge in [0.25, 0.3) is 0 Å². The second-order valence-electron chi connectivity index (χ2n) is 3.45. The van der Waals surface area contributed by atoms with E-state index in [4.69, 9.17) is 0 Å². The van der Waals surface area contributed by atoms with Crippen molar-refractivity contribution in [3.8, 4) is 5.75 Å². The van der Waals surface area contributed by atoms with Crippen LogP contribution >= 0.6 is 11.8 Å². The van der Waals surface area contributed by atoms with Crippen LogP contribution in [0.25, 0.3) is 0 Å². The van der Waals surface area contributed by atoms with Gasteiger partial charge < -0.3 is 5.11 Å². The SMILES string of the molecule is Oc1ccccc1Sc1ccc(C(F)(F)F)cn1. The third-order valence-electron chi connectivity index (χ3n) is 2.14. The molecular weight excluding hydrogens is 263 g/mol. The average Bonchev–Trinajstić information content (AvgIpc) is 2.32. The lowest BCUT2D eigenvalue weighted by Gasteiger charge is -2.07. The van der Waals surface area contributed by atoms with Crippen molar-refractivity contribution in [2.45, 2.75) is 16.1 Å². The molecular formula is C12H8F3NOS. The lowest BCUT2D eigenvalue weighted by Crippen LogP contribution is -2.04. The lowest BCUT2D eigenvalue weighted by molar-refractivity contribution is -0.137. The molecule has 1 aromatic heterocycles. The third-order valence-corrected chi connectivity index (χ3v) is 3.16. The molecule has 1 aromatic carbocycles. The molecule has 0 bridgehead atoms. The second-order valence-corrected chi connectivity index (χ2v) is 4.51. The second kappa shape index (κ2) is 4.89. The summed E-state index contributed by atoms with van der Waals surface area (Å²) in [5.74, 6) is 0.0733. The first-order valence-electron chi connectivity index (χ1n) is 4.96. The minimum atomic E-state index is -4.38. The number of hydrogen-bond acceptors (Lipinski definition) is 3. The summed E-state index contributed by atoms with van der Waals surface area (Å²) in [6, 6.07) is 8.81. The van der Waals surface area contributed by atoms with E-state index in [1.165, 1.54) is 12.1 Å². The molecule has 2 aromatic rings. The van der Waals surface area contributed by atoms with Gasteiger partial charge >= 0.3 is 6.18 Å². The standard InChI is InChI=1S/C12H8F3NOS/c13-12(14,15)8-5-6-11(16-7-8)18-10-4-2-1-3-9(10)17/h1-7,17H. The van der Waals surface area contributed by atoms with E-state index in [-0.39, 0.29) is 5.75 Å². The number of nitrogens with zero attached hydrogens (tertiary/aromatic N) is 1. The molecule has 0 spiro atoms. The summed E-state index contributed by atoms with van der Waals surface area (Å²) in [5.41, 5.74) is -0.788. The fourth-order valence-electron chi connectivity index (χ4n) is 1.26. The molecule has 2 rings (SSSR count). The number of para-hydroxylation sites is 1. The molecule has 0 aliphatic carbocycles. The minimum absolute atomic E-state index is 0.0733. The summed E-state index contributed by atoms with van der Waals surface area (Å²) in [7, 11) is 0. The molecule has 2 nitrogen and oxygen atoms in total. The zero-order valence-corrected chi connectivity index (χ0v) is 9.79. The molecule has 0 amide bonds. The molecule has 0 atom stereocenters. The van der Waals surface area contributed by atoms with Crippen molar-refractivity contribution in [1.82, 2.24) is 4.98 Å². The smallest absolute Gasteiger partial charge is 0.417 e. The minimum Gasteiger partial charge on any atom is -0.507 e. The number of pyridine rings is 1. The third kappa shape index (κ3) is 2.95. The fourth-order valence-corrected chi connectivity index (χ4v) is 2.05. The predicted octanol–water partition coefficient (Wildman–Crippen LogP) is 3.96. The summed E-state index contributed by atoms with van der Waals surface area (Å²) < 4.78 is 37.0. The molecule has 0 aliphatic heterocycles. The first kappa shape index (κ1) is 12.8. The maximum absolute atomic E-state index is 12.3.